The van der Waals surface area contributed by atoms with Crippen LogP contribution in [0, 0.1) is 0 Å². The van der Waals surface area contributed by atoms with Crippen LogP contribution in [0.3, 0.4) is 0 Å². The Morgan fingerprint density at radius 3 is 2.17 bits per heavy atom. The van der Waals surface area contributed by atoms with Gasteiger partial charge in [0, 0.05) is 0 Å². The smallest absolute Gasteiger partial charge is 0.119 e. The van der Waals surface area contributed by atoms with Crippen LogP contribution in [0.2, 0.25) is 0 Å². The molecule has 0 aliphatic heterocycles. The summed E-state index contributed by atoms with van der Waals surface area (Å²) in [6.07, 6.45) is 0. The Kier molecular flexibility index (Phi) is 4.80. The first-order chi connectivity index (χ1) is 8.18. The number of rotatable bonds is 4. The van der Waals surface area contributed by atoms with E-state index in [0.717, 1.165) is 5.75 Å². The molecule has 0 saturated heterocycles. The van der Waals surface area contributed by atoms with Crippen molar-refractivity contribution in [1.82, 2.24) is 0 Å². The molecule has 1 rings (SSSR count). The fourth-order valence-electron chi connectivity index (χ4n) is 1.56. The van der Waals surface area contributed by atoms with E-state index in [4.69, 9.17) is 9.47 Å². The molecule has 0 atom stereocenters. The van der Waals surface area contributed by atoms with Gasteiger partial charge in [0.05, 0.1) is 12.2 Å². The molecule has 0 saturated carbocycles. The second-order valence-corrected chi connectivity index (χ2v) is 6.59. The minimum Gasteiger partial charge on any atom is -0.491 e. The molecular formula is C16H26O2. The molecule has 0 spiro atoms. The van der Waals surface area contributed by atoms with Gasteiger partial charge >= 0.3 is 0 Å². The summed E-state index contributed by atoms with van der Waals surface area (Å²) in [6.45, 7) is 14.0. The van der Waals surface area contributed by atoms with E-state index in [9.17, 15) is 0 Å². The van der Waals surface area contributed by atoms with Crippen LogP contribution in [0.15, 0.2) is 24.3 Å². The second-order valence-electron chi connectivity index (χ2n) is 6.59. The average molecular weight is 250 g/mol. The van der Waals surface area contributed by atoms with Crippen molar-refractivity contribution in [2.45, 2.75) is 52.6 Å². The molecular weight excluding hydrogens is 224 g/mol. The van der Waals surface area contributed by atoms with Gasteiger partial charge in [0.2, 0.25) is 0 Å². The van der Waals surface area contributed by atoms with Crippen molar-refractivity contribution < 1.29 is 9.47 Å². The highest BCUT2D eigenvalue weighted by Gasteiger charge is 2.14. The molecule has 0 N–H and O–H groups in total. The molecule has 0 heterocycles. The van der Waals surface area contributed by atoms with E-state index >= 15 is 0 Å². The maximum atomic E-state index is 5.71. The minimum atomic E-state index is -0.101. The fraction of sp³-hybridized carbons (Fsp3) is 0.625. The van der Waals surface area contributed by atoms with Crippen molar-refractivity contribution in [2.75, 3.05) is 13.2 Å². The van der Waals surface area contributed by atoms with Crippen molar-refractivity contribution in [3.8, 4) is 5.75 Å². The topological polar surface area (TPSA) is 18.5 Å². The van der Waals surface area contributed by atoms with E-state index in [0.29, 0.717) is 13.2 Å². The number of hydrogen-bond acceptors (Lipinski definition) is 2. The van der Waals surface area contributed by atoms with Gasteiger partial charge in [-0.2, -0.15) is 0 Å². The molecule has 1 aromatic rings. The van der Waals surface area contributed by atoms with E-state index in [2.05, 4.69) is 32.9 Å². The molecule has 0 fully saturated rings. The molecule has 0 aromatic heterocycles. The highest BCUT2D eigenvalue weighted by molar-refractivity contribution is 5.32. The molecule has 0 bridgehead atoms. The van der Waals surface area contributed by atoms with Gasteiger partial charge in [-0.25, -0.2) is 0 Å². The molecule has 1 aromatic carbocycles. The van der Waals surface area contributed by atoms with Gasteiger partial charge in [0.1, 0.15) is 12.4 Å². The quantitative estimate of drug-likeness (QED) is 0.746. The zero-order valence-corrected chi connectivity index (χ0v) is 12.5. The predicted molar refractivity (Wildman–Crippen MR) is 76.3 cm³/mol. The van der Waals surface area contributed by atoms with Gasteiger partial charge in [-0.05, 0) is 43.9 Å². The highest BCUT2D eigenvalue weighted by atomic mass is 16.5. The van der Waals surface area contributed by atoms with Crippen molar-refractivity contribution in [3.05, 3.63) is 29.8 Å². The monoisotopic (exact) mass is 250 g/mol. The summed E-state index contributed by atoms with van der Waals surface area (Å²) in [6, 6.07) is 8.28. The molecule has 2 nitrogen and oxygen atoms in total. The molecule has 18 heavy (non-hydrogen) atoms. The number of ether oxygens (including phenoxy) is 2. The van der Waals surface area contributed by atoms with Crippen LogP contribution >= 0.6 is 0 Å². The lowest BCUT2D eigenvalue weighted by Crippen LogP contribution is -2.22. The third-order valence-corrected chi connectivity index (χ3v) is 2.59. The summed E-state index contributed by atoms with van der Waals surface area (Å²) in [7, 11) is 0. The van der Waals surface area contributed by atoms with Crippen LogP contribution in [0.25, 0.3) is 0 Å². The lowest BCUT2D eigenvalue weighted by Gasteiger charge is -2.21. The van der Waals surface area contributed by atoms with Crippen LogP contribution in [0.1, 0.15) is 47.1 Å². The molecule has 0 amide bonds. The molecule has 2 heteroatoms. The molecule has 102 valence electrons. The Morgan fingerprint density at radius 2 is 1.61 bits per heavy atom. The van der Waals surface area contributed by atoms with Gasteiger partial charge in [0.15, 0.2) is 0 Å². The Morgan fingerprint density at radius 1 is 0.944 bits per heavy atom. The summed E-state index contributed by atoms with van der Waals surface area (Å²) in [5.41, 5.74) is 1.34. The van der Waals surface area contributed by atoms with E-state index in [1.807, 2.05) is 32.9 Å². The normalized spacial score (nSPS) is 12.6. The second kappa shape index (κ2) is 5.75. The van der Waals surface area contributed by atoms with Crippen molar-refractivity contribution in [3.63, 3.8) is 0 Å². The third-order valence-electron chi connectivity index (χ3n) is 2.59. The summed E-state index contributed by atoms with van der Waals surface area (Å²) in [4.78, 5) is 0. The lowest BCUT2D eigenvalue weighted by atomic mass is 9.87. The first-order valence-corrected chi connectivity index (χ1v) is 6.56. The molecule has 0 aliphatic carbocycles. The summed E-state index contributed by atoms with van der Waals surface area (Å²) in [5.74, 6) is 0.917. The first-order valence-electron chi connectivity index (χ1n) is 6.56. The predicted octanol–water partition coefficient (Wildman–Crippen LogP) is 4.18. The SMILES string of the molecule is CC(C)(C)OCCOc1cccc(C(C)(C)C)c1. The first kappa shape index (κ1) is 15.0. The standard InChI is InChI=1S/C16H26O2/c1-15(2,3)13-8-7-9-14(12-13)17-10-11-18-16(4,5)6/h7-9,12H,10-11H2,1-6H3. The Labute approximate surface area is 111 Å². The molecule has 0 aliphatic rings. The molecule has 0 unspecified atom stereocenters. The fourth-order valence-corrected chi connectivity index (χ4v) is 1.56. The van der Waals surface area contributed by atoms with E-state index in [1.54, 1.807) is 0 Å². The van der Waals surface area contributed by atoms with Gasteiger partial charge in [-0.15, -0.1) is 0 Å². The van der Waals surface area contributed by atoms with E-state index in [1.165, 1.54) is 5.56 Å². The molecule has 0 radical (unpaired) electrons. The van der Waals surface area contributed by atoms with Crippen LogP contribution in [-0.4, -0.2) is 18.8 Å². The lowest BCUT2D eigenvalue weighted by molar-refractivity contribution is -0.0163. The Bertz CT molecular complexity index is 369. The van der Waals surface area contributed by atoms with Crippen molar-refractivity contribution in [1.29, 1.82) is 0 Å². The van der Waals surface area contributed by atoms with Gasteiger partial charge in [0.25, 0.3) is 0 Å². The van der Waals surface area contributed by atoms with Crippen molar-refractivity contribution >= 4 is 0 Å². The van der Waals surface area contributed by atoms with Gasteiger partial charge in [-0.3, -0.25) is 0 Å². The minimum absolute atomic E-state index is 0.101. The number of hydrogen-bond donors (Lipinski definition) is 0. The summed E-state index contributed by atoms with van der Waals surface area (Å²) >= 11 is 0. The van der Waals surface area contributed by atoms with E-state index < -0.39 is 0 Å². The van der Waals surface area contributed by atoms with Crippen LogP contribution in [0.4, 0.5) is 0 Å². The largest absolute Gasteiger partial charge is 0.491 e. The van der Waals surface area contributed by atoms with Crippen LogP contribution < -0.4 is 4.74 Å². The Hall–Kier alpha value is -1.02. The summed E-state index contributed by atoms with van der Waals surface area (Å²) in [5, 5.41) is 0. The zero-order valence-electron chi connectivity index (χ0n) is 12.5. The average Bonchev–Trinajstić information content (AvgIpc) is 2.22. The zero-order chi connectivity index (χ0) is 13.8. The number of benzene rings is 1. The maximum absolute atomic E-state index is 5.71. The van der Waals surface area contributed by atoms with E-state index in [-0.39, 0.29) is 11.0 Å². The highest BCUT2D eigenvalue weighted by Crippen LogP contribution is 2.25. The van der Waals surface area contributed by atoms with Crippen molar-refractivity contribution in [2.24, 2.45) is 0 Å². The maximum Gasteiger partial charge on any atom is 0.119 e. The van der Waals surface area contributed by atoms with Crippen LogP contribution in [0.5, 0.6) is 5.75 Å². The third kappa shape index (κ3) is 5.54. The Balaban J connectivity index is 2.49. The summed E-state index contributed by atoms with van der Waals surface area (Å²) < 4.78 is 11.3. The van der Waals surface area contributed by atoms with Gasteiger partial charge in [-0.1, -0.05) is 32.9 Å². The van der Waals surface area contributed by atoms with Crippen LogP contribution in [-0.2, 0) is 10.2 Å². The van der Waals surface area contributed by atoms with Gasteiger partial charge < -0.3 is 9.47 Å².